The van der Waals surface area contributed by atoms with Gasteiger partial charge < -0.3 is 5.11 Å². The van der Waals surface area contributed by atoms with Crippen molar-refractivity contribution in [3.05, 3.63) is 53.3 Å². The van der Waals surface area contributed by atoms with Gasteiger partial charge in [0, 0.05) is 6.08 Å². The van der Waals surface area contributed by atoms with Gasteiger partial charge in [0.2, 0.25) is 0 Å². The lowest BCUT2D eigenvalue weighted by Crippen LogP contribution is -1.85. The van der Waals surface area contributed by atoms with Gasteiger partial charge in [-0.2, -0.15) is 10.5 Å². The Bertz CT molecular complexity index is 473. The summed E-state index contributed by atoms with van der Waals surface area (Å²) in [5.41, 5.74) is 0.732. The molecular formula is C12H8N2O. The Morgan fingerprint density at radius 2 is 1.87 bits per heavy atom. The number of allylic oxidation sites excluding steroid dienone is 2. The van der Waals surface area contributed by atoms with E-state index in [4.69, 9.17) is 10.5 Å². The normalized spacial score (nSPS) is 11.6. The average molecular weight is 196 g/mol. The molecule has 3 heteroatoms. The number of rotatable bonds is 2. The first-order chi connectivity index (χ1) is 7.27. The zero-order chi connectivity index (χ0) is 11.1. The highest BCUT2D eigenvalue weighted by molar-refractivity contribution is 5.59. The smallest absolute Gasteiger partial charge is 0.134 e. The van der Waals surface area contributed by atoms with E-state index in [2.05, 4.69) is 0 Å². The Kier molecular flexibility index (Phi) is 3.70. The van der Waals surface area contributed by atoms with Crippen LogP contribution in [0.2, 0.25) is 0 Å². The zero-order valence-corrected chi connectivity index (χ0v) is 7.88. The number of hydrogen-bond acceptors (Lipinski definition) is 3. The summed E-state index contributed by atoms with van der Waals surface area (Å²) in [7, 11) is 0. The van der Waals surface area contributed by atoms with Gasteiger partial charge in [-0.25, -0.2) is 0 Å². The first-order valence-electron chi connectivity index (χ1n) is 4.24. The third kappa shape index (κ3) is 3.02. The van der Waals surface area contributed by atoms with Gasteiger partial charge in [0.05, 0.1) is 6.07 Å². The maximum atomic E-state index is 9.51. The molecule has 3 nitrogen and oxygen atoms in total. The van der Waals surface area contributed by atoms with Gasteiger partial charge in [0.15, 0.2) is 0 Å². The van der Waals surface area contributed by atoms with Crippen molar-refractivity contribution in [1.29, 1.82) is 10.5 Å². The molecule has 1 aromatic carbocycles. The fraction of sp³-hybridized carbons (Fsp3) is 0. The van der Waals surface area contributed by atoms with E-state index in [1.165, 1.54) is 6.08 Å². The van der Waals surface area contributed by atoms with Gasteiger partial charge in [0.1, 0.15) is 17.4 Å². The van der Waals surface area contributed by atoms with Crippen LogP contribution in [-0.4, -0.2) is 5.11 Å². The molecule has 1 rings (SSSR count). The van der Waals surface area contributed by atoms with Crippen molar-refractivity contribution >= 4 is 6.08 Å². The lowest BCUT2D eigenvalue weighted by molar-refractivity contribution is 0.432. The van der Waals surface area contributed by atoms with E-state index in [1.807, 2.05) is 18.2 Å². The summed E-state index contributed by atoms with van der Waals surface area (Å²) in [5, 5.41) is 26.5. The minimum Gasteiger partial charge on any atom is -0.507 e. The third-order valence-electron chi connectivity index (χ3n) is 1.71. The minimum atomic E-state index is -0.203. The number of hydrogen-bond donors (Lipinski definition) is 1. The van der Waals surface area contributed by atoms with E-state index in [9.17, 15) is 5.11 Å². The standard InChI is InChI=1S/C12H8N2O/c13-7-6-11(9-14)12(15)8-10-4-2-1-3-5-10/h1-6,8,15H. The van der Waals surface area contributed by atoms with Crippen molar-refractivity contribution in [3.63, 3.8) is 0 Å². The average Bonchev–Trinajstić information content (AvgIpc) is 2.27. The van der Waals surface area contributed by atoms with Crippen LogP contribution >= 0.6 is 0 Å². The van der Waals surface area contributed by atoms with Crippen molar-refractivity contribution in [2.75, 3.05) is 0 Å². The highest BCUT2D eigenvalue weighted by atomic mass is 16.3. The van der Waals surface area contributed by atoms with Crippen LogP contribution in [0, 0.1) is 22.7 Å². The van der Waals surface area contributed by atoms with Gasteiger partial charge in [-0.15, -0.1) is 0 Å². The van der Waals surface area contributed by atoms with Crippen molar-refractivity contribution in [2.45, 2.75) is 0 Å². The summed E-state index contributed by atoms with van der Waals surface area (Å²) in [5.74, 6) is -0.203. The number of nitriles is 2. The monoisotopic (exact) mass is 196 g/mol. The van der Waals surface area contributed by atoms with Gasteiger partial charge in [-0.1, -0.05) is 30.3 Å². The lowest BCUT2D eigenvalue weighted by atomic mass is 10.1. The highest BCUT2D eigenvalue weighted by Crippen LogP contribution is 2.10. The molecular weight excluding hydrogens is 188 g/mol. The van der Waals surface area contributed by atoms with Gasteiger partial charge in [0.25, 0.3) is 0 Å². The molecule has 15 heavy (non-hydrogen) atoms. The molecule has 0 unspecified atom stereocenters. The molecule has 0 spiro atoms. The molecule has 0 amide bonds. The van der Waals surface area contributed by atoms with Crippen molar-refractivity contribution in [1.82, 2.24) is 0 Å². The van der Waals surface area contributed by atoms with E-state index in [0.717, 1.165) is 11.6 Å². The van der Waals surface area contributed by atoms with Crippen LogP contribution in [0.4, 0.5) is 0 Å². The Labute approximate surface area is 87.8 Å². The third-order valence-corrected chi connectivity index (χ3v) is 1.71. The molecule has 0 saturated heterocycles. The van der Waals surface area contributed by atoms with E-state index in [-0.39, 0.29) is 11.3 Å². The molecule has 0 aliphatic rings. The van der Waals surface area contributed by atoms with Gasteiger partial charge >= 0.3 is 0 Å². The molecule has 1 N–H and O–H groups in total. The minimum absolute atomic E-state index is 0.0404. The molecule has 0 saturated carbocycles. The first-order valence-corrected chi connectivity index (χ1v) is 4.24. The van der Waals surface area contributed by atoms with Crippen molar-refractivity contribution < 1.29 is 5.11 Å². The number of benzene rings is 1. The Morgan fingerprint density at radius 1 is 1.20 bits per heavy atom. The summed E-state index contributed by atoms with van der Waals surface area (Å²) in [6.45, 7) is 0. The molecule has 0 fully saturated rings. The van der Waals surface area contributed by atoms with Crippen LogP contribution in [0.3, 0.4) is 0 Å². The van der Waals surface area contributed by atoms with E-state index < -0.39 is 0 Å². The van der Waals surface area contributed by atoms with Crippen molar-refractivity contribution in [2.24, 2.45) is 0 Å². The van der Waals surface area contributed by atoms with Gasteiger partial charge in [-0.3, -0.25) is 0 Å². The molecule has 0 bridgehead atoms. The largest absolute Gasteiger partial charge is 0.507 e. The fourth-order valence-electron chi connectivity index (χ4n) is 1.01. The second-order valence-electron chi connectivity index (χ2n) is 2.74. The Morgan fingerprint density at radius 3 is 2.40 bits per heavy atom. The second-order valence-corrected chi connectivity index (χ2v) is 2.74. The highest BCUT2D eigenvalue weighted by Gasteiger charge is 2.01. The van der Waals surface area contributed by atoms with Crippen LogP contribution in [0.25, 0.3) is 6.08 Å². The lowest BCUT2D eigenvalue weighted by Gasteiger charge is -1.96. The van der Waals surface area contributed by atoms with Crippen LogP contribution in [0.5, 0.6) is 0 Å². The zero-order valence-electron chi connectivity index (χ0n) is 7.88. The summed E-state index contributed by atoms with van der Waals surface area (Å²) in [6.07, 6.45) is 2.45. The molecule has 0 radical (unpaired) electrons. The molecule has 72 valence electrons. The molecule has 1 aromatic rings. The molecule has 0 heterocycles. The maximum absolute atomic E-state index is 9.51. The summed E-state index contributed by atoms with van der Waals surface area (Å²) in [6, 6.07) is 12.5. The van der Waals surface area contributed by atoms with Crippen molar-refractivity contribution in [3.8, 4) is 12.1 Å². The van der Waals surface area contributed by atoms with Crippen LogP contribution in [-0.2, 0) is 0 Å². The van der Waals surface area contributed by atoms with Gasteiger partial charge in [-0.05, 0) is 11.6 Å². The maximum Gasteiger partial charge on any atom is 0.134 e. The molecule has 0 atom stereocenters. The van der Waals surface area contributed by atoms with E-state index in [0.29, 0.717) is 0 Å². The Balaban J connectivity index is 3.01. The van der Waals surface area contributed by atoms with E-state index >= 15 is 0 Å². The quantitative estimate of drug-likeness (QED) is 0.449. The van der Waals surface area contributed by atoms with E-state index in [1.54, 1.807) is 24.3 Å². The predicted octanol–water partition coefficient (Wildman–Crippen LogP) is 2.56. The summed E-state index contributed by atoms with van der Waals surface area (Å²) in [4.78, 5) is 0. The van der Waals surface area contributed by atoms with Crippen LogP contribution < -0.4 is 0 Å². The van der Waals surface area contributed by atoms with Crippen LogP contribution in [0.15, 0.2) is 47.7 Å². The first kappa shape index (κ1) is 10.6. The number of aliphatic hydroxyl groups is 1. The van der Waals surface area contributed by atoms with Crippen LogP contribution in [0.1, 0.15) is 5.56 Å². The summed E-state index contributed by atoms with van der Waals surface area (Å²) < 4.78 is 0. The Hall–Kier alpha value is -2.52. The molecule has 0 aliphatic carbocycles. The SMILES string of the molecule is N#CC=C(C#N)C(O)=Cc1ccccc1. The number of aliphatic hydroxyl groups excluding tert-OH is 1. The molecule has 0 aromatic heterocycles. The topological polar surface area (TPSA) is 67.8 Å². The second kappa shape index (κ2) is 5.26. The molecule has 0 aliphatic heterocycles. The predicted molar refractivity (Wildman–Crippen MR) is 56.4 cm³/mol. The fourth-order valence-corrected chi connectivity index (χ4v) is 1.01. The summed E-state index contributed by atoms with van der Waals surface area (Å²) >= 11 is 0. The number of nitrogens with zero attached hydrogens (tertiary/aromatic N) is 2.